The van der Waals surface area contributed by atoms with Crippen molar-refractivity contribution in [2.24, 2.45) is 0 Å². The van der Waals surface area contributed by atoms with E-state index in [9.17, 15) is 5.11 Å². The molecule has 0 fully saturated rings. The Bertz CT molecular complexity index is 668. The lowest BCUT2D eigenvalue weighted by Crippen LogP contribution is -1.85. The van der Waals surface area contributed by atoms with Crippen LogP contribution in [0.5, 0.6) is 0 Å². The first-order valence-electron chi connectivity index (χ1n) is 5.60. The lowest BCUT2D eigenvalue weighted by Gasteiger charge is -1.95. The van der Waals surface area contributed by atoms with Gasteiger partial charge in [0, 0.05) is 6.20 Å². The summed E-state index contributed by atoms with van der Waals surface area (Å²) in [7, 11) is 0. The zero-order valence-electron chi connectivity index (χ0n) is 9.54. The van der Waals surface area contributed by atoms with Gasteiger partial charge in [0.25, 0.3) is 0 Å². The number of nitrogens with one attached hydrogen (secondary N) is 1. The summed E-state index contributed by atoms with van der Waals surface area (Å²) in [4.78, 5) is 11.4. The molecular weight excluding hydrogens is 226 g/mol. The third-order valence-electron chi connectivity index (χ3n) is 2.60. The fourth-order valence-corrected chi connectivity index (χ4v) is 1.74. The molecule has 0 spiro atoms. The Balaban J connectivity index is 2.01. The summed E-state index contributed by atoms with van der Waals surface area (Å²) < 4.78 is 0. The molecule has 0 aliphatic carbocycles. The number of aliphatic hydroxyl groups excluding tert-OH is 1. The molecule has 3 rings (SSSR count). The smallest absolute Gasteiger partial charge is 0.178 e. The van der Waals surface area contributed by atoms with Crippen LogP contribution in [-0.2, 0) is 0 Å². The second kappa shape index (κ2) is 4.33. The first kappa shape index (κ1) is 10.5. The van der Waals surface area contributed by atoms with Crippen LogP contribution in [0.15, 0.2) is 48.7 Å². The second-order valence-electron chi connectivity index (χ2n) is 3.90. The Hall–Kier alpha value is -2.62. The number of rotatable bonds is 2. The molecule has 0 amide bonds. The zero-order chi connectivity index (χ0) is 12.4. The minimum absolute atomic E-state index is 0.0965. The minimum atomic E-state index is 0.0965. The number of pyridine rings is 1. The van der Waals surface area contributed by atoms with Crippen molar-refractivity contribution in [2.45, 2.75) is 0 Å². The molecule has 4 heteroatoms. The molecule has 0 unspecified atom stereocenters. The molecule has 0 radical (unpaired) electrons. The predicted molar refractivity (Wildman–Crippen MR) is 70.8 cm³/mol. The normalized spacial score (nSPS) is 11.9. The highest BCUT2D eigenvalue weighted by Gasteiger charge is 2.06. The maximum absolute atomic E-state index is 10.0. The second-order valence-corrected chi connectivity index (χ2v) is 3.90. The van der Waals surface area contributed by atoms with Crippen LogP contribution in [0.2, 0.25) is 0 Å². The highest BCUT2D eigenvalue weighted by molar-refractivity contribution is 5.79. The molecule has 2 N–H and O–H groups in total. The Kier molecular flexibility index (Phi) is 2.53. The van der Waals surface area contributed by atoms with Gasteiger partial charge >= 0.3 is 0 Å². The van der Waals surface area contributed by atoms with Crippen LogP contribution >= 0.6 is 0 Å². The van der Waals surface area contributed by atoms with Gasteiger partial charge < -0.3 is 10.1 Å². The van der Waals surface area contributed by atoms with Crippen molar-refractivity contribution in [1.29, 1.82) is 0 Å². The van der Waals surface area contributed by atoms with E-state index < -0.39 is 0 Å². The van der Waals surface area contributed by atoms with Crippen molar-refractivity contribution in [3.63, 3.8) is 0 Å². The molecule has 18 heavy (non-hydrogen) atoms. The number of fused-ring (bicyclic) bond motifs is 1. The minimum Gasteiger partial charge on any atom is -0.504 e. The van der Waals surface area contributed by atoms with Crippen LogP contribution in [-0.4, -0.2) is 20.1 Å². The fourth-order valence-electron chi connectivity index (χ4n) is 1.74. The fraction of sp³-hybridized carbons (Fsp3) is 0. The first-order chi connectivity index (χ1) is 8.83. The van der Waals surface area contributed by atoms with E-state index in [1.54, 1.807) is 12.3 Å². The van der Waals surface area contributed by atoms with Crippen LogP contribution in [0.25, 0.3) is 23.0 Å². The van der Waals surface area contributed by atoms with Crippen LogP contribution in [0.3, 0.4) is 0 Å². The van der Waals surface area contributed by atoms with Crippen molar-refractivity contribution in [3.05, 3.63) is 60.0 Å². The average Bonchev–Trinajstić information content (AvgIpc) is 2.84. The number of benzene rings is 1. The van der Waals surface area contributed by atoms with Gasteiger partial charge in [-0.05, 0) is 23.8 Å². The summed E-state index contributed by atoms with van der Waals surface area (Å²) in [5, 5.41) is 10.0. The lowest BCUT2D eigenvalue weighted by atomic mass is 10.2. The Morgan fingerprint density at radius 2 is 1.94 bits per heavy atom. The van der Waals surface area contributed by atoms with E-state index in [1.165, 1.54) is 0 Å². The van der Waals surface area contributed by atoms with Crippen LogP contribution < -0.4 is 0 Å². The van der Waals surface area contributed by atoms with Crippen LogP contribution in [0.1, 0.15) is 11.4 Å². The highest BCUT2D eigenvalue weighted by atomic mass is 16.3. The summed E-state index contributed by atoms with van der Waals surface area (Å²) in [5.41, 5.74) is 2.32. The molecule has 0 saturated heterocycles. The average molecular weight is 237 g/mol. The zero-order valence-corrected chi connectivity index (χ0v) is 9.54. The van der Waals surface area contributed by atoms with E-state index in [2.05, 4.69) is 15.0 Å². The topological polar surface area (TPSA) is 61.8 Å². The molecule has 0 aliphatic heterocycles. The van der Waals surface area contributed by atoms with Crippen LogP contribution in [0.4, 0.5) is 0 Å². The molecule has 88 valence electrons. The highest BCUT2D eigenvalue weighted by Crippen LogP contribution is 2.15. The van der Waals surface area contributed by atoms with E-state index in [4.69, 9.17) is 0 Å². The van der Waals surface area contributed by atoms with Gasteiger partial charge in [-0.15, -0.1) is 0 Å². The van der Waals surface area contributed by atoms with Gasteiger partial charge in [-0.3, -0.25) is 0 Å². The van der Waals surface area contributed by atoms with Gasteiger partial charge in [0.1, 0.15) is 0 Å². The number of hydrogen-bond acceptors (Lipinski definition) is 3. The largest absolute Gasteiger partial charge is 0.504 e. The summed E-state index contributed by atoms with van der Waals surface area (Å²) in [6.45, 7) is 0. The van der Waals surface area contributed by atoms with Crippen molar-refractivity contribution in [1.82, 2.24) is 15.0 Å². The third-order valence-corrected chi connectivity index (χ3v) is 2.60. The van der Waals surface area contributed by atoms with Gasteiger partial charge in [0.2, 0.25) is 0 Å². The summed E-state index contributed by atoms with van der Waals surface area (Å²) in [6, 6.07) is 13.3. The number of aliphatic hydroxyl groups is 1. The first-order valence-corrected chi connectivity index (χ1v) is 5.60. The molecule has 1 aromatic carbocycles. The number of H-pyrrole nitrogens is 1. The standard InChI is InChI=1S/C14H11N3O/c18-12(9-10-5-2-1-3-6-10)14-16-11-7-4-8-15-13(11)17-14/h1-9,18H,(H,15,16,17)/b12-9-. The molecule has 0 aliphatic rings. The van der Waals surface area contributed by atoms with E-state index in [1.807, 2.05) is 42.5 Å². The SMILES string of the molecule is O/C(=C\c1ccccc1)c1nc2ncccc2[nH]1. The van der Waals surface area contributed by atoms with Crippen molar-refractivity contribution in [3.8, 4) is 0 Å². The van der Waals surface area contributed by atoms with Gasteiger partial charge in [0.05, 0.1) is 5.52 Å². The van der Waals surface area contributed by atoms with Gasteiger partial charge in [-0.2, -0.15) is 0 Å². The monoisotopic (exact) mass is 237 g/mol. The number of nitrogens with zero attached hydrogens (tertiary/aromatic N) is 2. The summed E-state index contributed by atoms with van der Waals surface area (Å²) in [5.74, 6) is 0.520. The van der Waals surface area contributed by atoms with Crippen molar-refractivity contribution >= 4 is 23.0 Å². The maximum atomic E-state index is 10.0. The van der Waals surface area contributed by atoms with Crippen molar-refractivity contribution in [2.75, 3.05) is 0 Å². The molecule has 4 nitrogen and oxygen atoms in total. The van der Waals surface area contributed by atoms with E-state index in [0.717, 1.165) is 11.1 Å². The quantitative estimate of drug-likeness (QED) is 0.673. The number of aromatic amines is 1. The van der Waals surface area contributed by atoms with E-state index in [-0.39, 0.29) is 5.76 Å². The van der Waals surface area contributed by atoms with E-state index in [0.29, 0.717) is 11.5 Å². The molecule has 3 aromatic rings. The predicted octanol–water partition coefficient (Wildman–Crippen LogP) is 3.01. The molecular formula is C14H11N3O. The van der Waals surface area contributed by atoms with Gasteiger partial charge in [-0.1, -0.05) is 30.3 Å². The molecule has 0 atom stereocenters. The van der Waals surface area contributed by atoms with Gasteiger partial charge in [0.15, 0.2) is 17.2 Å². The third kappa shape index (κ3) is 1.96. The summed E-state index contributed by atoms with van der Waals surface area (Å²) >= 11 is 0. The molecule has 0 saturated carbocycles. The van der Waals surface area contributed by atoms with E-state index >= 15 is 0 Å². The maximum Gasteiger partial charge on any atom is 0.178 e. The number of aromatic nitrogens is 3. The molecule has 2 aromatic heterocycles. The number of imidazole rings is 1. The Labute approximate surface area is 104 Å². The molecule has 0 bridgehead atoms. The summed E-state index contributed by atoms with van der Waals surface area (Å²) in [6.07, 6.45) is 3.34. The Morgan fingerprint density at radius 3 is 2.72 bits per heavy atom. The lowest BCUT2D eigenvalue weighted by molar-refractivity contribution is 0.509. The van der Waals surface area contributed by atoms with Crippen LogP contribution in [0, 0.1) is 0 Å². The van der Waals surface area contributed by atoms with Gasteiger partial charge in [-0.25, -0.2) is 9.97 Å². The molecule has 2 heterocycles. The number of hydrogen-bond donors (Lipinski definition) is 2. The van der Waals surface area contributed by atoms with Crippen molar-refractivity contribution < 1.29 is 5.11 Å². The Morgan fingerprint density at radius 1 is 1.11 bits per heavy atom.